The van der Waals surface area contributed by atoms with Crippen molar-refractivity contribution in [3.8, 4) is 29.4 Å². The quantitative estimate of drug-likeness (QED) is 0.0886. The number of halogens is 3. The van der Waals surface area contributed by atoms with E-state index in [0.29, 0.717) is 61.5 Å². The molecule has 10 nitrogen and oxygen atoms in total. The minimum Gasteiger partial charge on any atom is -0.398 e. The van der Waals surface area contributed by atoms with E-state index in [-0.39, 0.29) is 17.1 Å². The van der Waals surface area contributed by atoms with Crippen LogP contribution in [0.25, 0.3) is 5.69 Å². The minimum atomic E-state index is -0.884. The van der Waals surface area contributed by atoms with Gasteiger partial charge in [0.1, 0.15) is 17.0 Å². The number of amides is 1. The Morgan fingerprint density at radius 2 is 1.45 bits per heavy atom. The number of carbonyl (C=O) groups excluding carboxylic acids is 2. The monoisotopic (exact) mass is 820 g/mol. The fourth-order valence-electron chi connectivity index (χ4n) is 5.15. The summed E-state index contributed by atoms with van der Waals surface area (Å²) in [4.78, 5) is 22.5. The zero-order valence-corrected chi connectivity index (χ0v) is 34.0. The molecule has 3 aliphatic carbocycles. The molecule has 3 aliphatic rings. The van der Waals surface area contributed by atoms with Crippen molar-refractivity contribution in [1.82, 2.24) is 20.2 Å². The molecule has 0 unspecified atom stereocenters. The number of ketones is 1. The number of tetrazole rings is 1. The van der Waals surface area contributed by atoms with E-state index < -0.39 is 11.2 Å². The summed E-state index contributed by atoms with van der Waals surface area (Å²) < 4.78 is 1.52. The predicted octanol–water partition coefficient (Wildman–Crippen LogP) is 8.19. The number of nitrogens with one attached hydrogen (secondary N) is 1. The number of carbonyl (C=O) groups is 2. The Labute approximate surface area is 340 Å². The Morgan fingerprint density at radius 1 is 0.873 bits per heavy atom. The van der Waals surface area contributed by atoms with Gasteiger partial charge < -0.3 is 21.3 Å². The lowest BCUT2D eigenvalue weighted by atomic mass is 9.81. The first-order valence-corrected chi connectivity index (χ1v) is 20.0. The fourth-order valence-corrected chi connectivity index (χ4v) is 6.50. The molecule has 3 saturated carbocycles. The molecule has 0 spiro atoms. The largest absolute Gasteiger partial charge is 0.398 e. The SMILES string of the molecule is CC(C)(C)c1ccc(-n2nnnc2SCC(=O)Nc2ccc(C#CC3(O)CCC3)cc2Cl)c(Cl)c1.Nc1ccc(C#CC2(O)CCC2)cc1Cl.O=C1CCC1. The molecule has 1 amide bonds. The van der Waals surface area contributed by atoms with E-state index in [4.69, 9.17) is 40.5 Å². The standard InChI is InChI=1S/C25H25Cl2N5O2S.C12H12ClNO.C4H6O/c1-24(2,3)17-6-8-21(19(27)14-17)32-23(29-30-31-32)35-15-22(33)28-20-7-5-16(13-18(20)26)9-12-25(34)10-4-11-25;13-10-8-9(2-3-11(10)14)4-7-12(15)5-1-6-12;5-4-2-1-3-4/h5-8,13-14,34H,4,10-11,15H2,1-3H3,(H,28,33);2-3,8,15H,1,5-6,14H2;1-3H2. The topological polar surface area (TPSA) is 156 Å². The van der Waals surface area contributed by atoms with Gasteiger partial charge >= 0.3 is 0 Å². The predicted molar refractivity (Wildman–Crippen MR) is 220 cm³/mol. The third kappa shape index (κ3) is 12.0. The van der Waals surface area contributed by atoms with Gasteiger partial charge in [-0.1, -0.05) is 97.1 Å². The summed E-state index contributed by atoms with van der Waals surface area (Å²) in [5.74, 6) is 11.9. The van der Waals surface area contributed by atoms with Crippen LogP contribution in [0.4, 0.5) is 11.4 Å². The minimum absolute atomic E-state index is 0.0396. The van der Waals surface area contributed by atoms with Crippen molar-refractivity contribution in [1.29, 1.82) is 0 Å². The number of nitrogen functional groups attached to an aromatic ring is 1. The molecule has 0 radical (unpaired) electrons. The van der Waals surface area contributed by atoms with Crippen LogP contribution < -0.4 is 11.1 Å². The van der Waals surface area contributed by atoms with E-state index in [1.165, 1.54) is 16.4 Å². The van der Waals surface area contributed by atoms with Gasteiger partial charge in [0.2, 0.25) is 11.1 Å². The maximum Gasteiger partial charge on any atom is 0.234 e. The highest BCUT2D eigenvalue weighted by Crippen LogP contribution is 2.33. The van der Waals surface area contributed by atoms with Crippen molar-refractivity contribution in [2.75, 3.05) is 16.8 Å². The Kier molecular flexibility index (Phi) is 14.0. The summed E-state index contributed by atoms with van der Waals surface area (Å²) in [5.41, 5.74) is 8.11. The molecule has 14 heteroatoms. The zero-order chi connectivity index (χ0) is 39.8. The van der Waals surface area contributed by atoms with Crippen molar-refractivity contribution < 1.29 is 19.8 Å². The molecule has 7 rings (SSSR count). The second-order valence-electron chi connectivity index (χ2n) is 14.7. The maximum absolute atomic E-state index is 12.6. The first-order valence-electron chi connectivity index (χ1n) is 17.9. The van der Waals surface area contributed by atoms with Crippen LogP contribution in [0.15, 0.2) is 59.8 Å². The molecule has 3 fully saturated rings. The summed E-state index contributed by atoms with van der Waals surface area (Å²) in [6.45, 7) is 6.34. The van der Waals surface area contributed by atoms with Crippen LogP contribution in [0.1, 0.15) is 95.2 Å². The van der Waals surface area contributed by atoms with Gasteiger partial charge in [0, 0.05) is 24.0 Å². The van der Waals surface area contributed by atoms with Crippen molar-refractivity contribution in [2.45, 2.75) is 100 Å². The number of hydrogen-bond donors (Lipinski definition) is 4. The van der Waals surface area contributed by atoms with Gasteiger partial charge in [-0.05, 0) is 115 Å². The molecule has 55 heavy (non-hydrogen) atoms. The number of aliphatic hydroxyl groups is 2. The van der Waals surface area contributed by atoms with Crippen LogP contribution in [0.2, 0.25) is 15.1 Å². The number of aromatic nitrogens is 4. The molecule has 0 aliphatic heterocycles. The van der Waals surface area contributed by atoms with Crippen LogP contribution >= 0.6 is 46.6 Å². The number of benzene rings is 3. The number of nitrogens with two attached hydrogens (primary N) is 1. The Hall–Kier alpha value is -4.07. The maximum atomic E-state index is 12.6. The van der Waals surface area contributed by atoms with E-state index in [2.05, 4.69) is 65.3 Å². The zero-order valence-electron chi connectivity index (χ0n) is 30.9. The van der Waals surface area contributed by atoms with Gasteiger partial charge in [-0.2, -0.15) is 4.68 Å². The normalized spacial score (nSPS) is 16.0. The van der Waals surface area contributed by atoms with Crippen molar-refractivity contribution >= 4 is 69.6 Å². The summed E-state index contributed by atoms with van der Waals surface area (Å²) >= 11 is 19.9. The molecule has 5 N–H and O–H groups in total. The molecule has 0 saturated heterocycles. The summed E-state index contributed by atoms with van der Waals surface area (Å²) in [5, 5.41) is 36.3. The second-order valence-corrected chi connectivity index (χ2v) is 16.9. The van der Waals surface area contributed by atoms with Gasteiger partial charge in [0.05, 0.1) is 37.9 Å². The lowest BCUT2D eigenvalue weighted by molar-refractivity contribution is -0.123. The molecular formula is C41H43Cl3N6O4S. The number of rotatable bonds is 5. The summed E-state index contributed by atoms with van der Waals surface area (Å²) in [7, 11) is 0. The average molecular weight is 822 g/mol. The van der Waals surface area contributed by atoms with E-state index in [9.17, 15) is 19.8 Å². The van der Waals surface area contributed by atoms with Crippen LogP contribution in [-0.2, 0) is 15.0 Å². The van der Waals surface area contributed by atoms with Crippen LogP contribution in [0, 0.1) is 23.7 Å². The van der Waals surface area contributed by atoms with Gasteiger partial charge in [0.25, 0.3) is 0 Å². The molecule has 4 aromatic rings. The van der Waals surface area contributed by atoms with E-state index in [1.54, 1.807) is 36.4 Å². The van der Waals surface area contributed by atoms with E-state index in [0.717, 1.165) is 56.1 Å². The number of nitrogens with zero attached hydrogens (tertiary/aromatic N) is 4. The Morgan fingerprint density at radius 3 is 1.93 bits per heavy atom. The van der Waals surface area contributed by atoms with Gasteiger partial charge in [0.15, 0.2) is 0 Å². The number of thioether (sulfide) groups is 1. The van der Waals surface area contributed by atoms with Crippen molar-refractivity contribution in [3.63, 3.8) is 0 Å². The highest BCUT2D eigenvalue weighted by molar-refractivity contribution is 7.99. The summed E-state index contributed by atoms with van der Waals surface area (Å²) in [6, 6.07) is 16.1. The first kappa shape index (κ1) is 42.1. The Bertz CT molecular complexity index is 2170. The highest BCUT2D eigenvalue weighted by Gasteiger charge is 2.32. The lowest BCUT2D eigenvalue weighted by Crippen LogP contribution is -2.34. The smallest absolute Gasteiger partial charge is 0.234 e. The van der Waals surface area contributed by atoms with Gasteiger partial charge in [-0.15, -0.1) is 5.10 Å². The van der Waals surface area contributed by atoms with E-state index in [1.807, 2.05) is 18.2 Å². The lowest BCUT2D eigenvalue weighted by Gasteiger charge is -2.30. The average Bonchev–Trinajstić information content (AvgIpc) is 3.57. The molecule has 288 valence electrons. The molecule has 3 aromatic carbocycles. The van der Waals surface area contributed by atoms with Gasteiger partial charge in [-0.3, -0.25) is 9.59 Å². The number of anilines is 2. The number of Topliss-reactive ketones (excluding diaryl/α,β-unsaturated/α-hetero) is 1. The molecule has 1 heterocycles. The fraction of sp³-hybridized carbons (Fsp3) is 0.390. The van der Waals surface area contributed by atoms with Crippen LogP contribution in [0.5, 0.6) is 0 Å². The number of hydrogen-bond acceptors (Lipinski definition) is 9. The van der Waals surface area contributed by atoms with Crippen molar-refractivity contribution in [2.24, 2.45) is 0 Å². The molecule has 1 aromatic heterocycles. The first-order chi connectivity index (χ1) is 26.0. The highest BCUT2D eigenvalue weighted by atomic mass is 35.5. The van der Waals surface area contributed by atoms with Crippen LogP contribution in [0.3, 0.4) is 0 Å². The van der Waals surface area contributed by atoms with Gasteiger partial charge in [-0.25, -0.2) is 0 Å². The Balaban J connectivity index is 0.000000236. The molecule has 0 atom stereocenters. The summed E-state index contributed by atoms with van der Waals surface area (Å²) in [6.07, 6.45) is 7.78. The molecular weight excluding hydrogens is 779 g/mol. The third-order valence-electron chi connectivity index (χ3n) is 9.21. The van der Waals surface area contributed by atoms with Crippen LogP contribution in [-0.4, -0.2) is 59.1 Å². The van der Waals surface area contributed by atoms with Crippen molar-refractivity contribution in [3.05, 3.63) is 86.4 Å². The second kappa shape index (κ2) is 18.3. The van der Waals surface area contributed by atoms with E-state index >= 15 is 0 Å². The third-order valence-corrected chi connectivity index (χ3v) is 11.1. The molecule has 0 bridgehead atoms.